The lowest BCUT2D eigenvalue weighted by Gasteiger charge is -2.26. The van der Waals surface area contributed by atoms with Crippen molar-refractivity contribution >= 4 is 27.4 Å². The number of H-pyrrole nitrogens is 1. The number of benzene rings is 1. The van der Waals surface area contributed by atoms with E-state index in [1.807, 2.05) is 6.20 Å². The largest absolute Gasteiger partial charge is 0.278 e. The molecule has 2 aliphatic rings. The van der Waals surface area contributed by atoms with Gasteiger partial charge in [-0.15, -0.1) is 0 Å². The molecule has 0 saturated carbocycles. The first-order valence-corrected chi connectivity index (χ1v) is 8.87. The molecule has 0 fully saturated rings. The minimum absolute atomic E-state index is 0.727. The second-order valence-electron chi connectivity index (χ2n) is 7.30. The fourth-order valence-electron chi connectivity index (χ4n) is 4.37. The Morgan fingerprint density at radius 2 is 2.08 bits per heavy atom. The van der Waals surface area contributed by atoms with E-state index in [-0.39, 0.29) is 0 Å². The first-order chi connectivity index (χ1) is 11.7. The van der Waals surface area contributed by atoms with E-state index in [1.54, 1.807) is 0 Å². The zero-order chi connectivity index (χ0) is 16.3. The van der Waals surface area contributed by atoms with Crippen molar-refractivity contribution in [1.82, 2.24) is 15.2 Å². The molecular formula is C21H21N3. The molecule has 0 radical (unpaired) electrons. The minimum Gasteiger partial charge on any atom is -0.278 e. The third kappa shape index (κ3) is 1.90. The van der Waals surface area contributed by atoms with E-state index in [0.29, 0.717) is 0 Å². The molecule has 1 N–H and O–H groups in total. The van der Waals surface area contributed by atoms with Crippen LogP contribution < -0.4 is 0 Å². The topological polar surface area (TPSA) is 41.6 Å². The smallest absolute Gasteiger partial charge is 0.0743 e. The molecule has 3 aromatic rings. The van der Waals surface area contributed by atoms with Gasteiger partial charge in [0.15, 0.2) is 0 Å². The molecule has 2 aliphatic carbocycles. The van der Waals surface area contributed by atoms with E-state index >= 15 is 0 Å². The predicted molar refractivity (Wildman–Crippen MR) is 98.9 cm³/mol. The highest BCUT2D eigenvalue weighted by atomic mass is 15.1. The Morgan fingerprint density at radius 3 is 2.92 bits per heavy atom. The Hall–Kier alpha value is -2.42. The van der Waals surface area contributed by atoms with Crippen LogP contribution in [0, 0.1) is 5.92 Å². The molecule has 1 atom stereocenters. The van der Waals surface area contributed by atoms with Gasteiger partial charge < -0.3 is 0 Å². The van der Waals surface area contributed by atoms with Gasteiger partial charge >= 0.3 is 0 Å². The van der Waals surface area contributed by atoms with Gasteiger partial charge in [-0.3, -0.25) is 5.10 Å². The molecule has 1 aromatic carbocycles. The van der Waals surface area contributed by atoms with Crippen LogP contribution in [0.4, 0.5) is 0 Å². The van der Waals surface area contributed by atoms with Gasteiger partial charge in [0.25, 0.3) is 0 Å². The first-order valence-electron chi connectivity index (χ1n) is 8.87. The Labute approximate surface area is 141 Å². The molecule has 3 nitrogen and oxygen atoms in total. The quantitative estimate of drug-likeness (QED) is 0.689. The van der Waals surface area contributed by atoms with Crippen LogP contribution in [0.15, 0.2) is 36.1 Å². The Balaban J connectivity index is 1.89. The number of nitrogens with one attached hydrogen (secondary N) is 1. The number of aromatic nitrogens is 3. The number of rotatable bonds is 1. The monoisotopic (exact) mass is 315 g/mol. The number of hydrogen-bond donors (Lipinski definition) is 1. The van der Waals surface area contributed by atoms with E-state index in [0.717, 1.165) is 36.2 Å². The average Bonchev–Trinajstić information content (AvgIpc) is 3.22. The summed E-state index contributed by atoms with van der Waals surface area (Å²) in [6.45, 7) is 4.57. The number of fused-ring (bicyclic) bond motifs is 5. The zero-order valence-corrected chi connectivity index (χ0v) is 14.2. The Morgan fingerprint density at radius 1 is 1.17 bits per heavy atom. The van der Waals surface area contributed by atoms with Crippen molar-refractivity contribution in [2.45, 2.75) is 39.5 Å². The summed E-state index contributed by atoms with van der Waals surface area (Å²) in [4.78, 5) is 5.13. The SMILES string of the molecule is CC1=CCC=C1c1nc2ccc3[nH]ncc3c2c2c1CC(C)CC2. The number of hydrogen-bond acceptors (Lipinski definition) is 2. The van der Waals surface area contributed by atoms with E-state index < -0.39 is 0 Å². The molecule has 0 bridgehead atoms. The van der Waals surface area contributed by atoms with Crippen LogP contribution in [0.2, 0.25) is 0 Å². The van der Waals surface area contributed by atoms with Crippen molar-refractivity contribution in [1.29, 1.82) is 0 Å². The van der Waals surface area contributed by atoms with E-state index in [2.05, 4.69) is 48.3 Å². The number of allylic oxidation sites excluding steroid dienone is 4. The van der Waals surface area contributed by atoms with Gasteiger partial charge in [-0.25, -0.2) is 4.98 Å². The Bertz CT molecular complexity index is 1040. The average molecular weight is 315 g/mol. The summed E-state index contributed by atoms with van der Waals surface area (Å²) >= 11 is 0. The number of aryl methyl sites for hydroxylation is 1. The molecule has 0 saturated heterocycles. The normalized spacial score (nSPS) is 20.3. The lowest BCUT2D eigenvalue weighted by Crippen LogP contribution is -2.15. The third-order valence-electron chi connectivity index (χ3n) is 5.65. The fraction of sp³-hybridized carbons (Fsp3) is 0.333. The summed E-state index contributed by atoms with van der Waals surface area (Å²) in [5, 5.41) is 9.88. The van der Waals surface area contributed by atoms with E-state index in [1.165, 1.54) is 45.2 Å². The van der Waals surface area contributed by atoms with Gasteiger partial charge in [-0.1, -0.05) is 19.1 Å². The molecule has 24 heavy (non-hydrogen) atoms. The summed E-state index contributed by atoms with van der Waals surface area (Å²) in [6, 6.07) is 4.25. The number of aromatic amines is 1. The maximum Gasteiger partial charge on any atom is 0.0743 e. The number of nitrogens with zero attached hydrogens (tertiary/aromatic N) is 2. The van der Waals surface area contributed by atoms with Gasteiger partial charge in [0.2, 0.25) is 0 Å². The fourth-order valence-corrected chi connectivity index (χ4v) is 4.37. The van der Waals surface area contributed by atoms with Crippen molar-refractivity contribution in [3.8, 4) is 0 Å². The van der Waals surface area contributed by atoms with Gasteiger partial charge in [0.05, 0.1) is 22.9 Å². The van der Waals surface area contributed by atoms with Gasteiger partial charge in [-0.2, -0.15) is 5.10 Å². The molecule has 0 aliphatic heterocycles. The van der Waals surface area contributed by atoms with Crippen LogP contribution in [-0.4, -0.2) is 15.2 Å². The highest BCUT2D eigenvalue weighted by molar-refractivity contribution is 6.07. The van der Waals surface area contributed by atoms with Crippen molar-refractivity contribution in [3.63, 3.8) is 0 Å². The van der Waals surface area contributed by atoms with Gasteiger partial charge in [-0.05, 0) is 72.9 Å². The van der Waals surface area contributed by atoms with Crippen LogP contribution in [0.25, 0.3) is 27.4 Å². The maximum absolute atomic E-state index is 5.13. The number of pyridine rings is 1. The van der Waals surface area contributed by atoms with Crippen LogP contribution in [-0.2, 0) is 12.8 Å². The second kappa shape index (κ2) is 5.04. The minimum atomic E-state index is 0.727. The first kappa shape index (κ1) is 14.0. The molecule has 2 heterocycles. The van der Waals surface area contributed by atoms with Crippen LogP contribution in [0.5, 0.6) is 0 Å². The standard InChI is InChI=1S/C21H21N3/c1-12-6-7-15-16(10-12)21(14-5-3-4-13(14)2)23-19-9-8-18-17(20(15)19)11-22-24-18/h4-5,8-9,11-12H,3,6-7,10H2,1-2H3,(H,22,24). The highest BCUT2D eigenvalue weighted by Gasteiger charge is 2.25. The third-order valence-corrected chi connectivity index (χ3v) is 5.65. The molecule has 2 aromatic heterocycles. The summed E-state index contributed by atoms with van der Waals surface area (Å²) in [5.41, 5.74) is 9.11. The molecule has 1 unspecified atom stereocenters. The molecule has 5 rings (SSSR count). The van der Waals surface area contributed by atoms with Crippen LogP contribution in [0.1, 0.15) is 43.5 Å². The molecule has 3 heteroatoms. The summed E-state index contributed by atoms with van der Waals surface area (Å²) in [6.07, 6.45) is 11.2. The molecule has 0 amide bonds. The second-order valence-corrected chi connectivity index (χ2v) is 7.30. The van der Waals surface area contributed by atoms with Crippen molar-refractivity contribution < 1.29 is 0 Å². The highest BCUT2D eigenvalue weighted by Crippen LogP contribution is 2.40. The molecule has 0 spiro atoms. The van der Waals surface area contributed by atoms with E-state index in [9.17, 15) is 0 Å². The van der Waals surface area contributed by atoms with Gasteiger partial charge in [0.1, 0.15) is 0 Å². The van der Waals surface area contributed by atoms with Crippen molar-refractivity contribution in [3.05, 3.63) is 52.9 Å². The molecule has 120 valence electrons. The van der Waals surface area contributed by atoms with Crippen LogP contribution >= 0.6 is 0 Å². The Kier molecular flexibility index (Phi) is 2.93. The molecular weight excluding hydrogens is 294 g/mol. The van der Waals surface area contributed by atoms with Crippen molar-refractivity contribution in [2.75, 3.05) is 0 Å². The maximum atomic E-state index is 5.13. The zero-order valence-electron chi connectivity index (χ0n) is 14.2. The van der Waals surface area contributed by atoms with E-state index in [4.69, 9.17) is 4.98 Å². The predicted octanol–water partition coefficient (Wildman–Crippen LogP) is 4.97. The lowest BCUT2D eigenvalue weighted by atomic mass is 9.80. The summed E-state index contributed by atoms with van der Waals surface area (Å²) in [7, 11) is 0. The summed E-state index contributed by atoms with van der Waals surface area (Å²) in [5.74, 6) is 0.727. The van der Waals surface area contributed by atoms with Crippen LogP contribution in [0.3, 0.4) is 0 Å². The lowest BCUT2D eigenvalue weighted by molar-refractivity contribution is 0.501. The van der Waals surface area contributed by atoms with Gasteiger partial charge in [0, 0.05) is 10.8 Å². The summed E-state index contributed by atoms with van der Waals surface area (Å²) < 4.78 is 0. The van der Waals surface area contributed by atoms with Crippen molar-refractivity contribution in [2.24, 2.45) is 5.92 Å².